The van der Waals surface area contributed by atoms with Gasteiger partial charge in [-0.1, -0.05) is 33.1 Å². The van der Waals surface area contributed by atoms with Crippen molar-refractivity contribution in [2.45, 2.75) is 52.5 Å². The molecule has 0 aliphatic rings. The molecule has 0 fully saturated rings. The van der Waals surface area contributed by atoms with E-state index in [0.717, 1.165) is 6.54 Å². The molecule has 0 amide bonds. The van der Waals surface area contributed by atoms with Crippen LogP contribution in [0.15, 0.2) is 10.5 Å². The van der Waals surface area contributed by atoms with Crippen molar-refractivity contribution in [2.24, 2.45) is 0 Å². The van der Waals surface area contributed by atoms with Crippen LogP contribution in [0, 0.1) is 6.92 Å². The average Bonchev–Trinajstić information content (AvgIpc) is 2.58. The Bertz CT molecular complexity index is 289. The van der Waals surface area contributed by atoms with Crippen LogP contribution in [0.4, 0.5) is 0 Å². The lowest BCUT2D eigenvalue weighted by atomic mass is 10.1. The van der Waals surface area contributed by atoms with Crippen LogP contribution in [-0.2, 0) is 0 Å². The third-order valence-electron chi connectivity index (χ3n) is 2.77. The molecule has 1 N–H and O–H groups in total. The number of nitrogens with one attached hydrogen (secondary N) is 1. The lowest BCUT2D eigenvalue weighted by Gasteiger charge is -2.15. The molecule has 1 heterocycles. The van der Waals surface area contributed by atoms with Gasteiger partial charge in [0.1, 0.15) is 0 Å². The molecule has 1 nitrogen and oxygen atoms in total. The number of thiophene rings is 1. The summed E-state index contributed by atoms with van der Waals surface area (Å²) in [5.74, 6) is 0. The Morgan fingerprint density at radius 1 is 1.38 bits per heavy atom. The van der Waals surface area contributed by atoms with Crippen molar-refractivity contribution < 1.29 is 0 Å². The monoisotopic (exact) mass is 303 g/mol. The minimum atomic E-state index is 0.548. The van der Waals surface area contributed by atoms with E-state index in [9.17, 15) is 0 Å². The summed E-state index contributed by atoms with van der Waals surface area (Å²) in [5, 5.41) is 3.59. The van der Waals surface area contributed by atoms with Crippen molar-refractivity contribution in [3.8, 4) is 0 Å². The van der Waals surface area contributed by atoms with Gasteiger partial charge < -0.3 is 5.32 Å². The highest BCUT2D eigenvalue weighted by molar-refractivity contribution is 9.10. The van der Waals surface area contributed by atoms with Crippen LogP contribution in [0.3, 0.4) is 0 Å². The van der Waals surface area contributed by atoms with Crippen LogP contribution in [0.25, 0.3) is 0 Å². The van der Waals surface area contributed by atoms with Gasteiger partial charge in [-0.05, 0) is 41.9 Å². The van der Waals surface area contributed by atoms with E-state index in [-0.39, 0.29) is 0 Å². The zero-order valence-electron chi connectivity index (χ0n) is 10.5. The third kappa shape index (κ3) is 4.19. The van der Waals surface area contributed by atoms with Gasteiger partial charge in [-0.25, -0.2) is 0 Å². The second kappa shape index (κ2) is 7.46. The second-order valence-corrected chi connectivity index (χ2v) is 6.30. The van der Waals surface area contributed by atoms with Crippen LogP contribution >= 0.6 is 27.3 Å². The Morgan fingerprint density at radius 3 is 2.62 bits per heavy atom. The number of unbranched alkanes of at least 4 members (excludes halogenated alkanes) is 2. The van der Waals surface area contributed by atoms with Gasteiger partial charge in [-0.3, -0.25) is 0 Å². The van der Waals surface area contributed by atoms with Gasteiger partial charge in [-0.2, -0.15) is 0 Å². The number of aryl methyl sites for hydroxylation is 1. The van der Waals surface area contributed by atoms with E-state index in [0.29, 0.717) is 6.04 Å². The fourth-order valence-corrected chi connectivity index (χ4v) is 3.51. The normalized spacial score (nSPS) is 13.0. The summed E-state index contributed by atoms with van der Waals surface area (Å²) in [6.45, 7) is 7.66. The molecule has 0 radical (unpaired) electrons. The van der Waals surface area contributed by atoms with Gasteiger partial charge in [0, 0.05) is 20.3 Å². The summed E-state index contributed by atoms with van der Waals surface area (Å²) in [4.78, 5) is 2.86. The maximum absolute atomic E-state index is 3.60. The summed E-state index contributed by atoms with van der Waals surface area (Å²) in [6.07, 6.45) is 5.22. The predicted molar refractivity (Wildman–Crippen MR) is 77.3 cm³/mol. The molecular formula is C13H22BrNS. The van der Waals surface area contributed by atoms with Crippen molar-refractivity contribution in [1.29, 1.82) is 0 Å². The van der Waals surface area contributed by atoms with Crippen LogP contribution in [0.5, 0.6) is 0 Å². The van der Waals surface area contributed by atoms with Gasteiger partial charge in [0.15, 0.2) is 0 Å². The maximum Gasteiger partial charge on any atom is 0.0415 e. The van der Waals surface area contributed by atoms with Crippen molar-refractivity contribution in [1.82, 2.24) is 5.32 Å². The van der Waals surface area contributed by atoms with E-state index < -0.39 is 0 Å². The average molecular weight is 304 g/mol. The van der Waals surface area contributed by atoms with Gasteiger partial charge in [0.05, 0.1) is 0 Å². The molecule has 1 aromatic rings. The molecule has 1 rings (SSSR count). The van der Waals surface area contributed by atoms with E-state index in [4.69, 9.17) is 0 Å². The molecule has 1 atom stereocenters. The molecule has 0 aliphatic carbocycles. The van der Waals surface area contributed by atoms with E-state index in [2.05, 4.69) is 48.1 Å². The lowest BCUT2D eigenvalue weighted by molar-refractivity contribution is 0.493. The van der Waals surface area contributed by atoms with Crippen molar-refractivity contribution >= 4 is 27.3 Å². The lowest BCUT2D eigenvalue weighted by Crippen LogP contribution is -2.19. The maximum atomic E-state index is 3.60. The molecule has 0 bridgehead atoms. The summed E-state index contributed by atoms with van der Waals surface area (Å²) in [5.41, 5.74) is 0. The number of rotatable bonds is 7. The zero-order chi connectivity index (χ0) is 12.0. The smallest absolute Gasteiger partial charge is 0.0415 e. The van der Waals surface area contributed by atoms with Gasteiger partial charge >= 0.3 is 0 Å². The van der Waals surface area contributed by atoms with Gasteiger partial charge in [-0.15, -0.1) is 11.3 Å². The highest BCUT2D eigenvalue weighted by atomic mass is 79.9. The zero-order valence-corrected chi connectivity index (χ0v) is 12.9. The van der Waals surface area contributed by atoms with E-state index in [1.165, 1.54) is 39.9 Å². The topological polar surface area (TPSA) is 12.0 Å². The largest absolute Gasteiger partial charge is 0.310 e. The quantitative estimate of drug-likeness (QED) is 0.695. The van der Waals surface area contributed by atoms with Crippen molar-refractivity contribution in [3.63, 3.8) is 0 Å². The molecule has 0 spiro atoms. The van der Waals surface area contributed by atoms with Crippen LogP contribution in [-0.4, -0.2) is 6.54 Å². The minimum absolute atomic E-state index is 0.548. The Labute approximate surface area is 112 Å². The molecule has 16 heavy (non-hydrogen) atoms. The molecule has 92 valence electrons. The summed E-state index contributed by atoms with van der Waals surface area (Å²) in [6, 6.07) is 2.82. The van der Waals surface area contributed by atoms with Crippen LogP contribution in [0.1, 0.15) is 55.3 Å². The van der Waals surface area contributed by atoms with Crippen molar-refractivity contribution in [2.75, 3.05) is 6.54 Å². The first-order chi connectivity index (χ1) is 7.69. The summed E-state index contributed by atoms with van der Waals surface area (Å²) >= 11 is 5.51. The number of hydrogen-bond acceptors (Lipinski definition) is 2. The molecule has 0 saturated carbocycles. The number of hydrogen-bond donors (Lipinski definition) is 1. The summed E-state index contributed by atoms with van der Waals surface area (Å²) < 4.78 is 1.26. The standard InChI is InChI=1S/C13H22BrNS/c1-4-6-7-8-12(15-5-2)13-9-11(14)10(3)16-13/h9,12,15H,4-8H2,1-3H3. The van der Waals surface area contributed by atoms with E-state index in [1.807, 2.05) is 11.3 Å². The molecule has 1 unspecified atom stereocenters. The third-order valence-corrected chi connectivity index (χ3v) is 5.02. The molecule has 1 aromatic heterocycles. The predicted octanol–water partition coefficient (Wildman–Crippen LogP) is 5.05. The second-order valence-electron chi connectivity index (χ2n) is 4.16. The van der Waals surface area contributed by atoms with Crippen LogP contribution < -0.4 is 5.32 Å². The first kappa shape index (κ1) is 14.2. The Morgan fingerprint density at radius 2 is 2.12 bits per heavy atom. The fourth-order valence-electron chi connectivity index (χ4n) is 1.84. The SMILES string of the molecule is CCCCCC(NCC)c1cc(Br)c(C)s1. The molecular weight excluding hydrogens is 282 g/mol. The Balaban J connectivity index is 2.61. The minimum Gasteiger partial charge on any atom is -0.310 e. The first-order valence-corrected chi connectivity index (χ1v) is 7.79. The fraction of sp³-hybridized carbons (Fsp3) is 0.692. The molecule has 0 aliphatic heterocycles. The van der Waals surface area contributed by atoms with E-state index in [1.54, 1.807) is 0 Å². The molecule has 3 heteroatoms. The van der Waals surface area contributed by atoms with Crippen molar-refractivity contribution in [3.05, 3.63) is 20.3 Å². The van der Waals surface area contributed by atoms with Gasteiger partial charge in [0.2, 0.25) is 0 Å². The van der Waals surface area contributed by atoms with E-state index >= 15 is 0 Å². The molecule has 0 saturated heterocycles. The Hall–Kier alpha value is 0.140. The Kier molecular flexibility index (Phi) is 6.62. The first-order valence-electron chi connectivity index (χ1n) is 6.18. The highest BCUT2D eigenvalue weighted by Gasteiger charge is 2.13. The summed E-state index contributed by atoms with van der Waals surface area (Å²) in [7, 11) is 0. The number of halogens is 1. The molecule has 0 aromatic carbocycles. The van der Waals surface area contributed by atoms with Crippen LogP contribution in [0.2, 0.25) is 0 Å². The van der Waals surface area contributed by atoms with Gasteiger partial charge in [0.25, 0.3) is 0 Å². The highest BCUT2D eigenvalue weighted by Crippen LogP contribution is 2.32.